The number of benzene rings is 1. The van der Waals surface area contributed by atoms with E-state index in [1.54, 1.807) is 0 Å². The first-order chi connectivity index (χ1) is 13.0. The van der Waals surface area contributed by atoms with E-state index >= 15 is 0 Å². The van der Waals surface area contributed by atoms with Crippen LogP contribution in [-0.4, -0.2) is 40.7 Å². The first-order valence-electron chi connectivity index (χ1n) is 9.35. The standard InChI is InChI=1S/C20H24N2O3S2/c23-18(24)6-5-13-22-19(25)17(27-20(22)26)14-15-7-9-16(10-8-15)21-11-3-1-2-4-12-21/h7-10,14H,1-6,11-13H2,(H,23,24)/p-1/b17-14+. The SMILES string of the molecule is O=C([O-])CCCN1C(=O)/C(=C\c2ccc(N3CCCCCC3)cc2)SC1=S. The molecule has 2 aliphatic heterocycles. The van der Waals surface area contributed by atoms with Gasteiger partial charge in [-0.2, -0.15) is 0 Å². The molecule has 0 radical (unpaired) electrons. The summed E-state index contributed by atoms with van der Waals surface area (Å²) in [5, 5.41) is 10.5. The van der Waals surface area contributed by atoms with E-state index in [9.17, 15) is 14.7 Å². The van der Waals surface area contributed by atoms with Crippen LogP contribution in [0.3, 0.4) is 0 Å². The van der Waals surface area contributed by atoms with Crippen molar-refractivity contribution in [2.24, 2.45) is 0 Å². The second-order valence-corrected chi connectivity index (χ2v) is 8.48. The molecular weight excluding hydrogens is 380 g/mol. The van der Waals surface area contributed by atoms with E-state index in [0.29, 0.717) is 22.2 Å². The van der Waals surface area contributed by atoms with Gasteiger partial charge in [-0.1, -0.05) is 49.0 Å². The van der Waals surface area contributed by atoms with E-state index in [1.165, 1.54) is 48.0 Å². The molecule has 0 unspecified atom stereocenters. The molecule has 0 aliphatic carbocycles. The lowest BCUT2D eigenvalue weighted by molar-refractivity contribution is -0.305. The van der Waals surface area contributed by atoms with Crippen LogP contribution in [0.15, 0.2) is 29.2 Å². The number of carboxylic acids is 1. The van der Waals surface area contributed by atoms with Crippen molar-refractivity contribution in [1.29, 1.82) is 0 Å². The number of aliphatic carboxylic acids is 1. The largest absolute Gasteiger partial charge is 0.550 e. The molecule has 2 fully saturated rings. The Hall–Kier alpha value is -1.86. The number of hydrogen-bond donors (Lipinski definition) is 0. The number of carbonyl (C=O) groups excluding carboxylic acids is 2. The molecular formula is C20H23N2O3S2-. The van der Waals surface area contributed by atoms with E-state index < -0.39 is 5.97 Å². The fourth-order valence-corrected chi connectivity index (χ4v) is 4.64. The Bertz CT molecular complexity index is 738. The Kier molecular flexibility index (Phi) is 6.90. The molecule has 0 aromatic heterocycles. The van der Waals surface area contributed by atoms with Crippen LogP contribution >= 0.6 is 24.0 Å². The molecule has 2 saturated heterocycles. The summed E-state index contributed by atoms with van der Waals surface area (Å²) in [6, 6.07) is 8.28. The van der Waals surface area contributed by atoms with Crippen molar-refractivity contribution < 1.29 is 14.7 Å². The number of hydrogen-bond acceptors (Lipinski definition) is 6. The Labute approximate surface area is 169 Å². The summed E-state index contributed by atoms with van der Waals surface area (Å²) in [7, 11) is 0. The molecule has 0 atom stereocenters. The summed E-state index contributed by atoms with van der Waals surface area (Å²) < 4.78 is 0.478. The Morgan fingerprint density at radius 2 is 1.81 bits per heavy atom. The number of thiocarbonyl (C=S) groups is 1. The summed E-state index contributed by atoms with van der Waals surface area (Å²) in [6.07, 6.45) is 7.20. The van der Waals surface area contributed by atoms with Crippen LogP contribution in [0.5, 0.6) is 0 Å². The highest BCUT2D eigenvalue weighted by atomic mass is 32.2. The molecule has 7 heteroatoms. The van der Waals surface area contributed by atoms with E-state index in [1.807, 2.05) is 18.2 Å². The fraction of sp³-hybridized carbons (Fsp3) is 0.450. The summed E-state index contributed by atoms with van der Waals surface area (Å²) in [6.45, 7) is 2.51. The van der Waals surface area contributed by atoms with Gasteiger partial charge in [0.25, 0.3) is 5.91 Å². The highest BCUT2D eigenvalue weighted by molar-refractivity contribution is 8.26. The van der Waals surface area contributed by atoms with Crippen molar-refractivity contribution in [3.8, 4) is 0 Å². The van der Waals surface area contributed by atoms with Crippen LogP contribution in [0.2, 0.25) is 0 Å². The Morgan fingerprint density at radius 3 is 2.44 bits per heavy atom. The van der Waals surface area contributed by atoms with Crippen LogP contribution in [0.25, 0.3) is 6.08 Å². The molecule has 1 aromatic rings. The maximum absolute atomic E-state index is 12.5. The normalized spacial score (nSPS) is 19.6. The third-order valence-corrected chi connectivity index (χ3v) is 6.18. The van der Waals surface area contributed by atoms with Crippen molar-refractivity contribution in [2.45, 2.75) is 38.5 Å². The zero-order valence-electron chi connectivity index (χ0n) is 15.2. The summed E-state index contributed by atoms with van der Waals surface area (Å²) in [4.78, 5) is 27.5. The third kappa shape index (κ3) is 5.32. The van der Waals surface area contributed by atoms with Crippen molar-refractivity contribution in [3.63, 3.8) is 0 Å². The number of rotatable bonds is 6. The topological polar surface area (TPSA) is 63.7 Å². The average molecular weight is 404 g/mol. The molecule has 3 rings (SSSR count). The van der Waals surface area contributed by atoms with Crippen molar-refractivity contribution in [3.05, 3.63) is 34.7 Å². The van der Waals surface area contributed by atoms with Crippen LogP contribution in [0.1, 0.15) is 44.1 Å². The number of carboxylic acid groups (broad SMARTS) is 1. The minimum Gasteiger partial charge on any atom is -0.550 e. The molecule has 27 heavy (non-hydrogen) atoms. The minimum atomic E-state index is -1.11. The van der Waals surface area contributed by atoms with Crippen molar-refractivity contribution >= 4 is 51.9 Å². The molecule has 1 amide bonds. The summed E-state index contributed by atoms with van der Waals surface area (Å²) >= 11 is 6.53. The van der Waals surface area contributed by atoms with E-state index in [0.717, 1.165) is 18.7 Å². The lowest BCUT2D eigenvalue weighted by atomic mass is 10.1. The van der Waals surface area contributed by atoms with Gasteiger partial charge in [0.2, 0.25) is 0 Å². The van der Waals surface area contributed by atoms with Crippen LogP contribution in [0, 0.1) is 0 Å². The Balaban J connectivity index is 1.64. The Morgan fingerprint density at radius 1 is 1.15 bits per heavy atom. The number of thioether (sulfide) groups is 1. The number of nitrogens with zero attached hydrogens (tertiary/aromatic N) is 2. The molecule has 0 bridgehead atoms. The van der Waals surface area contributed by atoms with Gasteiger partial charge in [-0.3, -0.25) is 9.69 Å². The fourth-order valence-electron chi connectivity index (χ4n) is 3.34. The maximum Gasteiger partial charge on any atom is 0.266 e. The second kappa shape index (κ2) is 9.37. The van der Waals surface area contributed by atoms with Gasteiger partial charge in [0.1, 0.15) is 4.32 Å². The van der Waals surface area contributed by atoms with Crippen LogP contribution in [0.4, 0.5) is 5.69 Å². The molecule has 144 valence electrons. The van der Waals surface area contributed by atoms with Gasteiger partial charge in [-0.15, -0.1) is 0 Å². The third-order valence-electron chi connectivity index (χ3n) is 4.80. The first-order valence-corrected chi connectivity index (χ1v) is 10.6. The van der Waals surface area contributed by atoms with E-state index in [-0.39, 0.29) is 12.3 Å². The first kappa shape index (κ1) is 19.9. The van der Waals surface area contributed by atoms with Crippen molar-refractivity contribution in [2.75, 3.05) is 24.5 Å². The predicted molar refractivity (Wildman–Crippen MR) is 111 cm³/mol. The zero-order valence-corrected chi connectivity index (χ0v) is 16.8. The molecule has 0 spiro atoms. The smallest absolute Gasteiger partial charge is 0.266 e. The van der Waals surface area contributed by atoms with Gasteiger partial charge in [-0.05, 0) is 49.5 Å². The van der Waals surface area contributed by atoms with Gasteiger partial charge in [-0.25, -0.2) is 0 Å². The molecule has 0 saturated carbocycles. The minimum absolute atomic E-state index is 0.0753. The van der Waals surface area contributed by atoms with Gasteiger partial charge in [0, 0.05) is 31.3 Å². The number of anilines is 1. The second-order valence-electron chi connectivity index (χ2n) is 6.80. The van der Waals surface area contributed by atoms with E-state index in [2.05, 4.69) is 17.0 Å². The lowest BCUT2D eigenvalue weighted by Gasteiger charge is -2.22. The lowest BCUT2D eigenvalue weighted by Crippen LogP contribution is -2.30. The molecule has 5 nitrogen and oxygen atoms in total. The summed E-state index contributed by atoms with van der Waals surface area (Å²) in [5.74, 6) is -1.26. The van der Waals surface area contributed by atoms with Gasteiger partial charge in [0.05, 0.1) is 4.91 Å². The quantitative estimate of drug-likeness (QED) is 0.538. The van der Waals surface area contributed by atoms with Crippen LogP contribution in [-0.2, 0) is 9.59 Å². The van der Waals surface area contributed by atoms with Gasteiger partial charge >= 0.3 is 0 Å². The van der Waals surface area contributed by atoms with Crippen molar-refractivity contribution in [1.82, 2.24) is 4.90 Å². The predicted octanol–water partition coefficient (Wildman–Crippen LogP) is 2.80. The summed E-state index contributed by atoms with van der Waals surface area (Å²) in [5.41, 5.74) is 2.19. The maximum atomic E-state index is 12.5. The highest BCUT2D eigenvalue weighted by Gasteiger charge is 2.31. The molecule has 2 heterocycles. The molecule has 1 aromatic carbocycles. The van der Waals surface area contributed by atoms with Gasteiger partial charge < -0.3 is 14.8 Å². The number of amides is 1. The number of carbonyl (C=O) groups is 2. The van der Waals surface area contributed by atoms with Crippen LogP contribution < -0.4 is 10.0 Å². The van der Waals surface area contributed by atoms with E-state index in [4.69, 9.17) is 12.2 Å². The monoisotopic (exact) mass is 403 g/mol. The highest BCUT2D eigenvalue weighted by Crippen LogP contribution is 2.33. The molecule has 2 aliphatic rings. The zero-order chi connectivity index (χ0) is 19.2. The average Bonchev–Trinajstić information content (AvgIpc) is 2.85. The van der Waals surface area contributed by atoms with Gasteiger partial charge in [0.15, 0.2) is 0 Å². The molecule has 0 N–H and O–H groups in total.